The fraction of sp³-hybridized carbons (Fsp3) is 0.545. The van der Waals surface area contributed by atoms with E-state index in [2.05, 4.69) is 4.99 Å². The number of halogens is 4. The molecule has 32 heavy (non-hydrogen) atoms. The molecule has 6 nitrogen and oxygen atoms in total. The summed E-state index contributed by atoms with van der Waals surface area (Å²) < 4.78 is 39.7. The van der Waals surface area contributed by atoms with E-state index in [1.54, 1.807) is 12.1 Å². The summed E-state index contributed by atoms with van der Waals surface area (Å²) in [6.45, 7) is 0.682. The maximum atomic E-state index is 13.2. The molecule has 0 radical (unpaired) electrons. The molecule has 1 aromatic carbocycles. The summed E-state index contributed by atoms with van der Waals surface area (Å²) in [7, 11) is 0. The summed E-state index contributed by atoms with van der Waals surface area (Å²) >= 11 is 6.03. The molecule has 0 spiro atoms. The molecule has 0 N–H and O–H groups in total. The van der Waals surface area contributed by atoms with Gasteiger partial charge in [0.25, 0.3) is 11.7 Å². The third-order valence-electron chi connectivity index (χ3n) is 6.89. The van der Waals surface area contributed by atoms with E-state index in [4.69, 9.17) is 11.6 Å². The first-order valence-corrected chi connectivity index (χ1v) is 11.0. The third-order valence-corrected chi connectivity index (χ3v) is 7.14. The highest BCUT2D eigenvalue weighted by atomic mass is 35.5. The SMILES string of the molecule is CC(N1CCN2C(CC3(c4ccc(Cl)cc4)CCCC3)=NC(=O)C(=O)C2C1=O)C(F)(F)F. The monoisotopic (exact) mass is 469 g/mol. The van der Waals surface area contributed by atoms with Gasteiger partial charge in [0.1, 0.15) is 11.9 Å². The van der Waals surface area contributed by atoms with Crippen molar-refractivity contribution in [1.82, 2.24) is 9.80 Å². The number of aliphatic imine (C=N–C) groups is 1. The van der Waals surface area contributed by atoms with E-state index >= 15 is 0 Å². The zero-order valence-corrected chi connectivity index (χ0v) is 18.2. The molecule has 3 aliphatic rings. The summed E-state index contributed by atoms with van der Waals surface area (Å²) in [5.41, 5.74) is 0.687. The van der Waals surface area contributed by atoms with E-state index in [1.807, 2.05) is 12.1 Å². The van der Waals surface area contributed by atoms with Gasteiger partial charge in [-0.25, -0.2) is 0 Å². The van der Waals surface area contributed by atoms with Gasteiger partial charge >= 0.3 is 12.1 Å². The zero-order valence-electron chi connectivity index (χ0n) is 17.5. The highest BCUT2D eigenvalue weighted by molar-refractivity contribution is 6.45. The van der Waals surface area contributed by atoms with Crippen LogP contribution in [-0.2, 0) is 19.8 Å². The lowest BCUT2D eigenvalue weighted by molar-refractivity contribution is -0.191. The van der Waals surface area contributed by atoms with Gasteiger partial charge in [0.2, 0.25) is 0 Å². The number of amidine groups is 1. The van der Waals surface area contributed by atoms with Crippen molar-refractivity contribution in [2.24, 2.45) is 4.99 Å². The lowest BCUT2D eigenvalue weighted by Gasteiger charge is -2.46. The summed E-state index contributed by atoms with van der Waals surface area (Å²) in [4.78, 5) is 43.9. The van der Waals surface area contributed by atoms with Crippen molar-refractivity contribution < 1.29 is 27.6 Å². The van der Waals surface area contributed by atoms with Gasteiger partial charge in [0, 0.05) is 29.9 Å². The Hall–Kier alpha value is -2.42. The van der Waals surface area contributed by atoms with Crippen LogP contribution in [0.1, 0.15) is 44.6 Å². The number of carbonyl (C=O) groups excluding carboxylic acids is 3. The number of fused-ring (bicyclic) bond motifs is 1. The first kappa shape index (κ1) is 22.8. The number of nitrogens with zero attached hydrogens (tertiary/aromatic N) is 3. The Kier molecular flexibility index (Phi) is 5.81. The molecular weight excluding hydrogens is 447 g/mol. The molecule has 4 rings (SSSR count). The number of ketones is 1. The zero-order chi connectivity index (χ0) is 23.3. The molecular formula is C22H23ClF3N3O3. The predicted molar refractivity (Wildman–Crippen MR) is 111 cm³/mol. The lowest BCUT2D eigenvalue weighted by Crippen LogP contribution is -2.67. The van der Waals surface area contributed by atoms with Crippen molar-refractivity contribution in [3.63, 3.8) is 0 Å². The van der Waals surface area contributed by atoms with Crippen LogP contribution < -0.4 is 0 Å². The molecule has 2 aliphatic heterocycles. The number of alkyl halides is 3. The number of piperazine rings is 1. The number of amides is 2. The van der Waals surface area contributed by atoms with E-state index in [0.717, 1.165) is 38.2 Å². The second-order valence-corrected chi connectivity index (χ2v) is 9.15. The number of benzene rings is 1. The van der Waals surface area contributed by atoms with Gasteiger partial charge in [-0.2, -0.15) is 18.2 Å². The quantitative estimate of drug-likeness (QED) is 0.500. The fourth-order valence-corrected chi connectivity index (χ4v) is 5.18. The van der Waals surface area contributed by atoms with Crippen LogP contribution in [0.3, 0.4) is 0 Å². The first-order chi connectivity index (χ1) is 15.0. The Morgan fingerprint density at radius 2 is 1.75 bits per heavy atom. The van der Waals surface area contributed by atoms with Gasteiger partial charge in [0.05, 0.1) is 0 Å². The van der Waals surface area contributed by atoms with Crippen LogP contribution in [0.25, 0.3) is 0 Å². The number of hydrogen-bond acceptors (Lipinski definition) is 4. The molecule has 0 bridgehead atoms. The summed E-state index contributed by atoms with van der Waals surface area (Å²) in [6, 6.07) is 3.80. The maximum Gasteiger partial charge on any atom is 0.408 e. The Morgan fingerprint density at radius 1 is 1.12 bits per heavy atom. The molecule has 0 aromatic heterocycles. The molecule has 10 heteroatoms. The van der Waals surface area contributed by atoms with Gasteiger partial charge in [-0.3, -0.25) is 14.4 Å². The van der Waals surface area contributed by atoms with Crippen LogP contribution in [0.2, 0.25) is 5.02 Å². The Labute approximate surface area is 188 Å². The van der Waals surface area contributed by atoms with Crippen molar-refractivity contribution in [1.29, 1.82) is 0 Å². The van der Waals surface area contributed by atoms with E-state index in [0.29, 0.717) is 22.2 Å². The lowest BCUT2D eigenvalue weighted by atomic mass is 9.75. The molecule has 2 unspecified atom stereocenters. The Morgan fingerprint density at radius 3 is 2.34 bits per heavy atom. The molecule has 1 saturated heterocycles. The normalized spacial score (nSPS) is 24.5. The van der Waals surface area contributed by atoms with Crippen LogP contribution in [-0.4, -0.2) is 64.6 Å². The molecule has 2 heterocycles. The van der Waals surface area contributed by atoms with Gasteiger partial charge < -0.3 is 9.80 Å². The highest BCUT2D eigenvalue weighted by Crippen LogP contribution is 2.45. The summed E-state index contributed by atoms with van der Waals surface area (Å²) in [5, 5.41) is 0.596. The smallest absolute Gasteiger partial charge is 0.339 e. The predicted octanol–water partition coefficient (Wildman–Crippen LogP) is 3.51. The first-order valence-electron chi connectivity index (χ1n) is 10.6. The van der Waals surface area contributed by atoms with E-state index in [1.165, 1.54) is 4.90 Å². The topological polar surface area (TPSA) is 70.0 Å². The maximum absolute atomic E-state index is 13.2. The average molecular weight is 470 g/mol. The molecule has 2 fully saturated rings. The third kappa shape index (κ3) is 3.91. The average Bonchev–Trinajstić information content (AvgIpc) is 3.20. The van der Waals surface area contributed by atoms with E-state index in [-0.39, 0.29) is 18.5 Å². The number of hydrogen-bond donors (Lipinski definition) is 0. The minimum Gasteiger partial charge on any atom is -0.339 e. The molecule has 1 aliphatic carbocycles. The van der Waals surface area contributed by atoms with Crippen LogP contribution in [0, 0.1) is 0 Å². The van der Waals surface area contributed by atoms with E-state index < -0.39 is 35.9 Å². The summed E-state index contributed by atoms with van der Waals surface area (Å²) in [6.07, 6.45) is -0.686. The van der Waals surface area contributed by atoms with Crippen LogP contribution >= 0.6 is 11.6 Å². The van der Waals surface area contributed by atoms with Crippen LogP contribution in [0.5, 0.6) is 0 Å². The van der Waals surface area contributed by atoms with Crippen molar-refractivity contribution in [2.75, 3.05) is 13.1 Å². The molecule has 172 valence electrons. The van der Waals surface area contributed by atoms with Gasteiger partial charge in [-0.15, -0.1) is 0 Å². The Bertz CT molecular complexity index is 971. The van der Waals surface area contributed by atoms with E-state index in [9.17, 15) is 27.6 Å². The second kappa shape index (κ2) is 8.17. The number of Topliss-reactive ketones (excluding diaryl/α,β-unsaturated/α-hetero) is 1. The van der Waals surface area contributed by atoms with Gasteiger partial charge in [0.15, 0.2) is 6.04 Å². The van der Waals surface area contributed by atoms with Gasteiger partial charge in [-0.1, -0.05) is 36.6 Å². The van der Waals surface area contributed by atoms with Crippen LogP contribution in [0.15, 0.2) is 29.3 Å². The largest absolute Gasteiger partial charge is 0.408 e. The number of carbonyl (C=O) groups is 3. The van der Waals surface area contributed by atoms with Crippen LogP contribution in [0.4, 0.5) is 13.2 Å². The van der Waals surface area contributed by atoms with Crippen molar-refractivity contribution >= 4 is 35.0 Å². The number of rotatable bonds is 4. The minimum atomic E-state index is -4.63. The Balaban J connectivity index is 1.65. The molecule has 2 amide bonds. The molecule has 1 aromatic rings. The minimum absolute atomic E-state index is 0.00534. The highest BCUT2D eigenvalue weighted by Gasteiger charge is 2.52. The van der Waals surface area contributed by atoms with Crippen molar-refractivity contribution in [2.45, 2.75) is 62.7 Å². The summed E-state index contributed by atoms with van der Waals surface area (Å²) in [5.74, 6) is -2.87. The fourth-order valence-electron chi connectivity index (χ4n) is 5.06. The second-order valence-electron chi connectivity index (χ2n) is 8.71. The van der Waals surface area contributed by atoms with Crippen molar-refractivity contribution in [3.05, 3.63) is 34.9 Å². The standard InChI is InChI=1S/C22H23ClF3N3O3/c1-13(22(24,25)26)28-10-11-29-16(27-19(31)18(30)17(29)20(28)32)12-21(8-2-3-9-21)14-4-6-15(23)7-5-14/h4-7,13,17H,2-3,8-12H2,1H3. The molecule has 1 saturated carbocycles. The molecule has 2 atom stereocenters. The van der Waals surface area contributed by atoms with Gasteiger partial charge in [-0.05, 0) is 37.5 Å². The van der Waals surface area contributed by atoms with Crippen molar-refractivity contribution in [3.8, 4) is 0 Å².